The fourth-order valence-electron chi connectivity index (χ4n) is 3.25. The van der Waals surface area contributed by atoms with Crippen molar-refractivity contribution in [1.82, 2.24) is 0 Å². The predicted octanol–water partition coefficient (Wildman–Crippen LogP) is 3.76. The van der Waals surface area contributed by atoms with E-state index in [0.717, 1.165) is 12.1 Å². The van der Waals surface area contributed by atoms with Gasteiger partial charge in [0.15, 0.2) is 0 Å². The van der Waals surface area contributed by atoms with Crippen LogP contribution in [0.15, 0.2) is 59.7 Å². The largest absolute Gasteiger partial charge is 0.508 e. The number of nitro groups is 2. The molecule has 0 radical (unpaired) electrons. The number of anilines is 1. The van der Waals surface area contributed by atoms with Gasteiger partial charge in [0.1, 0.15) is 17.2 Å². The van der Waals surface area contributed by atoms with E-state index in [0.29, 0.717) is 28.0 Å². The van der Waals surface area contributed by atoms with E-state index in [4.69, 9.17) is 0 Å². The highest BCUT2D eigenvalue weighted by atomic mass is 16.6. The second-order valence-electron chi connectivity index (χ2n) is 6.22. The quantitative estimate of drug-likeness (QED) is 0.353. The molecule has 10 nitrogen and oxygen atoms in total. The molecule has 3 N–H and O–H groups in total. The Labute approximate surface area is 162 Å². The van der Waals surface area contributed by atoms with Gasteiger partial charge in [0.2, 0.25) is 0 Å². The molecule has 0 spiro atoms. The maximum atomic E-state index is 11.3. The van der Waals surface area contributed by atoms with Crippen molar-refractivity contribution in [2.24, 2.45) is 5.10 Å². The van der Waals surface area contributed by atoms with E-state index >= 15 is 0 Å². The van der Waals surface area contributed by atoms with Crippen molar-refractivity contribution in [3.05, 3.63) is 86.0 Å². The van der Waals surface area contributed by atoms with Crippen LogP contribution >= 0.6 is 0 Å². The molecule has 0 amide bonds. The van der Waals surface area contributed by atoms with Gasteiger partial charge in [-0.15, -0.1) is 0 Å². The molecule has 0 aromatic heterocycles. The summed E-state index contributed by atoms with van der Waals surface area (Å²) in [6, 6.07) is 12.9. The summed E-state index contributed by atoms with van der Waals surface area (Å²) in [5.41, 5.74) is 4.26. The Hall–Kier alpha value is -4.47. The van der Waals surface area contributed by atoms with Gasteiger partial charge < -0.3 is 10.2 Å². The maximum absolute atomic E-state index is 11.3. The molecular formula is C19H12N4O6. The van der Waals surface area contributed by atoms with Gasteiger partial charge in [-0.1, -0.05) is 24.3 Å². The van der Waals surface area contributed by atoms with Crippen LogP contribution in [-0.2, 0) is 0 Å². The molecule has 0 bridgehead atoms. The van der Waals surface area contributed by atoms with Crippen LogP contribution in [0.3, 0.4) is 0 Å². The molecule has 0 unspecified atom stereocenters. The molecular weight excluding hydrogens is 380 g/mol. The number of fused-ring (bicyclic) bond motifs is 3. The second kappa shape index (κ2) is 6.60. The number of nitrogens with zero attached hydrogens (tertiary/aromatic N) is 3. The molecule has 0 atom stereocenters. The molecule has 3 aromatic rings. The minimum Gasteiger partial charge on any atom is -0.508 e. The van der Waals surface area contributed by atoms with Crippen molar-refractivity contribution in [3.63, 3.8) is 0 Å². The number of nitro benzene ring substituents is 2. The third-order valence-corrected chi connectivity index (χ3v) is 4.49. The molecule has 0 saturated heterocycles. The topological polar surface area (TPSA) is 151 Å². The van der Waals surface area contributed by atoms with Crippen molar-refractivity contribution >= 4 is 22.8 Å². The number of rotatable bonds is 4. The molecule has 3 aromatic carbocycles. The Kier molecular flexibility index (Phi) is 4.08. The molecule has 29 heavy (non-hydrogen) atoms. The summed E-state index contributed by atoms with van der Waals surface area (Å²) in [6.45, 7) is 0. The number of hydrazone groups is 1. The summed E-state index contributed by atoms with van der Waals surface area (Å²) < 4.78 is 0. The molecule has 0 fully saturated rings. The third kappa shape index (κ3) is 2.98. The highest BCUT2D eigenvalue weighted by Crippen LogP contribution is 2.44. The molecule has 0 saturated carbocycles. The van der Waals surface area contributed by atoms with Crippen LogP contribution in [0.1, 0.15) is 11.1 Å². The summed E-state index contributed by atoms with van der Waals surface area (Å²) in [6.07, 6.45) is 0. The third-order valence-electron chi connectivity index (χ3n) is 4.49. The molecule has 144 valence electrons. The first-order chi connectivity index (χ1) is 13.9. The SMILES string of the molecule is O=[N+]([O-])c1ccc(NN=C2c3ccccc3-c3c(O)cc(O)cc32)c([N+](=O)[O-])c1. The number of aromatic hydroxyl groups is 2. The monoisotopic (exact) mass is 392 g/mol. The van der Waals surface area contributed by atoms with Gasteiger partial charge in [0.05, 0.1) is 21.6 Å². The number of phenolic OH excluding ortho intramolecular Hbond substituents is 2. The normalized spacial score (nSPS) is 13.0. The Morgan fingerprint density at radius 1 is 0.862 bits per heavy atom. The Morgan fingerprint density at radius 3 is 2.28 bits per heavy atom. The number of non-ortho nitro benzene ring substituents is 1. The van der Waals surface area contributed by atoms with Gasteiger partial charge in [0.25, 0.3) is 5.69 Å². The lowest BCUT2D eigenvalue weighted by molar-refractivity contribution is -0.393. The van der Waals surface area contributed by atoms with Crippen LogP contribution in [0.25, 0.3) is 11.1 Å². The predicted molar refractivity (Wildman–Crippen MR) is 104 cm³/mol. The van der Waals surface area contributed by atoms with Crippen LogP contribution in [0.2, 0.25) is 0 Å². The summed E-state index contributed by atoms with van der Waals surface area (Å²) in [4.78, 5) is 20.7. The van der Waals surface area contributed by atoms with Crippen molar-refractivity contribution in [2.45, 2.75) is 0 Å². The summed E-state index contributed by atoms with van der Waals surface area (Å²) in [7, 11) is 0. The van der Waals surface area contributed by atoms with Crippen LogP contribution in [-0.4, -0.2) is 25.8 Å². The van der Waals surface area contributed by atoms with Gasteiger partial charge in [-0.25, -0.2) is 0 Å². The van der Waals surface area contributed by atoms with Crippen molar-refractivity contribution in [2.75, 3.05) is 5.43 Å². The number of phenols is 2. The number of nitrogens with one attached hydrogen (secondary N) is 1. The first kappa shape index (κ1) is 17.9. The van der Waals surface area contributed by atoms with Gasteiger partial charge >= 0.3 is 5.69 Å². The summed E-state index contributed by atoms with van der Waals surface area (Å²) >= 11 is 0. The van der Waals surface area contributed by atoms with Crippen molar-refractivity contribution < 1.29 is 20.1 Å². The average molecular weight is 392 g/mol. The van der Waals surface area contributed by atoms with Gasteiger partial charge in [-0.3, -0.25) is 25.7 Å². The number of benzene rings is 3. The molecule has 1 aliphatic rings. The minimum atomic E-state index is -0.746. The first-order valence-electron chi connectivity index (χ1n) is 8.29. The lowest BCUT2D eigenvalue weighted by atomic mass is 10.0. The molecule has 1 aliphatic carbocycles. The average Bonchev–Trinajstić information content (AvgIpc) is 2.99. The zero-order valence-electron chi connectivity index (χ0n) is 14.6. The summed E-state index contributed by atoms with van der Waals surface area (Å²) in [5.74, 6) is -0.290. The van der Waals surface area contributed by atoms with Crippen LogP contribution in [0.5, 0.6) is 11.5 Å². The van der Waals surface area contributed by atoms with Gasteiger partial charge in [0, 0.05) is 28.8 Å². The van der Waals surface area contributed by atoms with E-state index in [1.807, 2.05) is 0 Å². The van der Waals surface area contributed by atoms with E-state index < -0.39 is 21.2 Å². The highest BCUT2D eigenvalue weighted by Gasteiger charge is 2.28. The van der Waals surface area contributed by atoms with E-state index in [1.54, 1.807) is 24.3 Å². The lowest BCUT2D eigenvalue weighted by Crippen LogP contribution is -2.04. The Bertz CT molecular complexity index is 1220. The maximum Gasteiger partial charge on any atom is 0.301 e. The standard InChI is InChI=1S/C19H12N4O6/c24-11-8-14-18(17(25)9-11)12-3-1-2-4-13(12)19(14)21-20-15-6-5-10(22(26)27)7-16(15)23(28)29/h1-9,20,24-25H. The van der Waals surface area contributed by atoms with Crippen molar-refractivity contribution in [1.29, 1.82) is 0 Å². The molecule has 4 rings (SSSR count). The van der Waals surface area contributed by atoms with E-state index in [1.165, 1.54) is 18.2 Å². The van der Waals surface area contributed by atoms with Crippen LogP contribution < -0.4 is 5.43 Å². The lowest BCUT2D eigenvalue weighted by Gasteiger charge is -2.06. The fourth-order valence-corrected chi connectivity index (χ4v) is 3.25. The minimum absolute atomic E-state index is 0.0385. The van der Waals surface area contributed by atoms with E-state index in [9.17, 15) is 30.4 Å². The number of hydrogen-bond acceptors (Lipinski definition) is 8. The van der Waals surface area contributed by atoms with Gasteiger partial charge in [-0.2, -0.15) is 5.10 Å². The number of hydrogen-bond donors (Lipinski definition) is 3. The first-order valence-corrected chi connectivity index (χ1v) is 8.29. The van der Waals surface area contributed by atoms with E-state index in [2.05, 4.69) is 10.5 Å². The highest BCUT2D eigenvalue weighted by molar-refractivity contribution is 6.25. The molecule has 10 heteroatoms. The molecule has 0 aliphatic heterocycles. The summed E-state index contributed by atoms with van der Waals surface area (Å²) in [5, 5.41) is 46.6. The van der Waals surface area contributed by atoms with Gasteiger partial charge in [-0.05, 0) is 17.7 Å². The second-order valence-corrected chi connectivity index (χ2v) is 6.22. The zero-order chi connectivity index (χ0) is 20.7. The van der Waals surface area contributed by atoms with Crippen LogP contribution in [0.4, 0.5) is 17.1 Å². The van der Waals surface area contributed by atoms with Crippen molar-refractivity contribution in [3.8, 4) is 22.6 Å². The Balaban J connectivity index is 1.83. The smallest absolute Gasteiger partial charge is 0.301 e. The fraction of sp³-hybridized carbons (Fsp3) is 0. The zero-order valence-corrected chi connectivity index (χ0v) is 14.6. The van der Waals surface area contributed by atoms with Crippen LogP contribution in [0, 0.1) is 20.2 Å². The van der Waals surface area contributed by atoms with E-state index in [-0.39, 0.29) is 17.2 Å². The Morgan fingerprint density at radius 2 is 1.59 bits per heavy atom. The molecule has 0 heterocycles.